The lowest BCUT2D eigenvalue weighted by Crippen LogP contribution is -2.20. The van der Waals surface area contributed by atoms with Crippen LogP contribution in [0.1, 0.15) is 11.6 Å². The molecule has 0 bridgehead atoms. The molecule has 2 aromatic rings. The fraction of sp³-hybridized carbons (Fsp3) is 0.182. The van der Waals surface area contributed by atoms with Crippen LogP contribution in [0.25, 0.3) is 10.9 Å². The molecule has 3 nitrogen and oxygen atoms in total. The maximum Gasteiger partial charge on any atom is 0.0702 e. The van der Waals surface area contributed by atoms with Crippen LogP contribution in [-0.4, -0.2) is 11.5 Å². The SMILES string of the molecule is NCC(N)c1cnc2ccccc2c1. The summed E-state index contributed by atoms with van der Waals surface area (Å²) in [7, 11) is 0. The zero-order chi connectivity index (χ0) is 9.97. The molecule has 4 N–H and O–H groups in total. The van der Waals surface area contributed by atoms with E-state index in [1.807, 2.05) is 30.3 Å². The summed E-state index contributed by atoms with van der Waals surface area (Å²) in [5, 5.41) is 1.11. The molecular formula is C11H13N3. The molecule has 0 aliphatic carbocycles. The normalized spacial score (nSPS) is 13.0. The van der Waals surface area contributed by atoms with Gasteiger partial charge in [0.2, 0.25) is 0 Å². The maximum absolute atomic E-state index is 5.82. The fourth-order valence-corrected chi connectivity index (χ4v) is 1.43. The number of benzene rings is 1. The Bertz CT molecular complexity index is 439. The van der Waals surface area contributed by atoms with Crippen LogP contribution in [0, 0.1) is 0 Å². The van der Waals surface area contributed by atoms with Gasteiger partial charge in [-0.1, -0.05) is 18.2 Å². The number of aromatic nitrogens is 1. The van der Waals surface area contributed by atoms with Crippen LogP contribution in [0.2, 0.25) is 0 Å². The van der Waals surface area contributed by atoms with Gasteiger partial charge in [-0.3, -0.25) is 4.98 Å². The van der Waals surface area contributed by atoms with Crippen LogP contribution in [-0.2, 0) is 0 Å². The summed E-state index contributed by atoms with van der Waals surface area (Å²) in [5.41, 5.74) is 13.3. The van der Waals surface area contributed by atoms with Gasteiger partial charge in [-0.2, -0.15) is 0 Å². The minimum absolute atomic E-state index is 0.118. The monoisotopic (exact) mass is 187 g/mol. The van der Waals surface area contributed by atoms with Crippen molar-refractivity contribution >= 4 is 10.9 Å². The molecule has 0 radical (unpaired) electrons. The minimum atomic E-state index is -0.118. The van der Waals surface area contributed by atoms with Gasteiger partial charge in [-0.15, -0.1) is 0 Å². The molecule has 0 aliphatic heterocycles. The van der Waals surface area contributed by atoms with E-state index in [0.717, 1.165) is 16.5 Å². The number of nitrogens with zero attached hydrogens (tertiary/aromatic N) is 1. The molecular weight excluding hydrogens is 174 g/mol. The van der Waals surface area contributed by atoms with Crippen LogP contribution in [0.4, 0.5) is 0 Å². The molecule has 14 heavy (non-hydrogen) atoms. The van der Waals surface area contributed by atoms with Crippen molar-refractivity contribution in [2.75, 3.05) is 6.54 Å². The van der Waals surface area contributed by atoms with Crippen molar-refractivity contribution in [2.45, 2.75) is 6.04 Å². The zero-order valence-corrected chi connectivity index (χ0v) is 7.85. The Morgan fingerprint density at radius 2 is 2.07 bits per heavy atom. The summed E-state index contributed by atoms with van der Waals surface area (Å²) in [4.78, 5) is 4.31. The summed E-state index contributed by atoms with van der Waals surface area (Å²) < 4.78 is 0. The molecule has 3 heteroatoms. The second kappa shape index (κ2) is 3.74. The van der Waals surface area contributed by atoms with Crippen molar-refractivity contribution in [3.63, 3.8) is 0 Å². The quantitative estimate of drug-likeness (QED) is 0.742. The lowest BCUT2D eigenvalue weighted by atomic mass is 10.1. The second-order valence-corrected chi connectivity index (χ2v) is 3.30. The molecule has 0 saturated heterocycles. The highest BCUT2D eigenvalue weighted by molar-refractivity contribution is 5.78. The van der Waals surface area contributed by atoms with E-state index in [2.05, 4.69) is 4.98 Å². The topological polar surface area (TPSA) is 64.9 Å². The number of nitrogens with two attached hydrogens (primary N) is 2. The molecule has 0 saturated carbocycles. The molecule has 2 rings (SSSR count). The molecule has 0 amide bonds. The Morgan fingerprint density at radius 1 is 1.29 bits per heavy atom. The molecule has 0 spiro atoms. The molecule has 1 aromatic carbocycles. The van der Waals surface area contributed by atoms with E-state index in [1.165, 1.54) is 0 Å². The van der Waals surface area contributed by atoms with E-state index in [9.17, 15) is 0 Å². The predicted molar refractivity (Wildman–Crippen MR) is 57.7 cm³/mol. The third-order valence-electron chi connectivity index (χ3n) is 2.29. The Hall–Kier alpha value is -1.45. The predicted octanol–water partition coefficient (Wildman–Crippen LogP) is 1.19. The van der Waals surface area contributed by atoms with Gasteiger partial charge in [0.05, 0.1) is 5.52 Å². The first kappa shape index (κ1) is 9.12. The van der Waals surface area contributed by atoms with E-state index in [-0.39, 0.29) is 6.04 Å². The van der Waals surface area contributed by atoms with E-state index in [1.54, 1.807) is 6.20 Å². The standard InChI is InChI=1S/C11H13N3/c12-6-10(13)9-5-8-3-1-2-4-11(8)14-7-9/h1-5,7,10H,6,12-13H2. The maximum atomic E-state index is 5.82. The highest BCUT2D eigenvalue weighted by atomic mass is 14.7. The van der Waals surface area contributed by atoms with E-state index in [0.29, 0.717) is 6.54 Å². The molecule has 1 aromatic heterocycles. The van der Waals surface area contributed by atoms with Gasteiger partial charge in [-0.05, 0) is 17.7 Å². The van der Waals surface area contributed by atoms with E-state index in [4.69, 9.17) is 11.5 Å². The number of pyridine rings is 1. The number of hydrogen-bond acceptors (Lipinski definition) is 3. The minimum Gasteiger partial charge on any atom is -0.329 e. The second-order valence-electron chi connectivity index (χ2n) is 3.30. The van der Waals surface area contributed by atoms with Crippen LogP contribution in [0.5, 0.6) is 0 Å². The smallest absolute Gasteiger partial charge is 0.0702 e. The van der Waals surface area contributed by atoms with Crippen molar-refractivity contribution < 1.29 is 0 Å². The lowest BCUT2D eigenvalue weighted by Gasteiger charge is -2.08. The Morgan fingerprint density at radius 3 is 2.86 bits per heavy atom. The van der Waals surface area contributed by atoms with Gasteiger partial charge < -0.3 is 11.5 Å². The molecule has 72 valence electrons. The largest absolute Gasteiger partial charge is 0.329 e. The number of fused-ring (bicyclic) bond motifs is 1. The van der Waals surface area contributed by atoms with Crippen LogP contribution < -0.4 is 11.5 Å². The van der Waals surface area contributed by atoms with E-state index < -0.39 is 0 Å². The summed E-state index contributed by atoms with van der Waals surface area (Å²) in [5.74, 6) is 0. The molecule has 1 heterocycles. The number of para-hydroxylation sites is 1. The fourth-order valence-electron chi connectivity index (χ4n) is 1.43. The lowest BCUT2D eigenvalue weighted by molar-refractivity contribution is 0.735. The van der Waals surface area contributed by atoms with Crippen LogP contribution in [0.15, 0.2) is 36.5 Å². The Kier molecular flexibility index (Phi) is 2.43. The van der Waals surface area contributed by atoms with Gasteiger partial charge in [-0.25, -0.2) is 0 Å². The first-order chi connectivity index (χ1) is 6.81. The van der Waals surface area contributed by atoms with Gasteiger partial charge >= 0.3 is 0 Å². The molecule has 1 atom stereocenters. The van der Waals surface area contributed by atoms with Crippen molar-refractivity contribution in [3.8, 4) is 0 Å². The van der Waals surface area contributed by atoms with Gasteiger partial charge in [0.1, 0.15) is 0 Å². The van der Waals surface area contributed by atoms with Crippen molar-refractivity contribution in [1.82, 2.24) is 4.98 Å². The van der Waals surface area contributed by atoms with Crippen LogP contribution in [0.3, 0.4) is 0 Å². The summed E-state index contributed by atoms with van der Waals surface area (Å²) in [6.07, 6.45) is 1.79. The molecule has 0 aliphatic rings. The van der Waals surface area contributed by atoms with Gasteiger partial charge in [0.15, 0.2) is 0 Å². The van der Waals surface area contributed by atoms with Crippen LogP contribution >= 0.6 is 0 Å². The highest BCUT2D eigenvalue weighted by Gasteiger charge is 2.04. The van der Waals surface area contributed by atoms with Gasteiger partial charge in [0.25, 0.3) is 0 Å². The Labute approximate surface area is 82.7 Å². The first-order valence-corrected chi connectivity index (χ1v) is 4.61. The first-order valence-electron chi connectivity index (χ1n) is 4.61. The van der Waals surface area contributed by atoms with E-state index >= 15 is 0 Å². The number of hydrogen-bond donors (Lipinski definition) is 2. The Balaban J connectivity index is 2.51. The average molecular weight is 187 g/mol. The third kappa shape index (κ3) is 1.60. The highest BCUT2D eigenvalue weighted by Crippen LogP contribution is 2.15. The molecule has 1 unspecified atom stereocenters. The number of rotatable bonds is 2. The van der Waals surface area contributed by atoms with Crippen molar-refractivity contribution in [2.24, 2.45) is 11.5 Å². The van der Waals surface area contributed by atoms with Crippen molar-refractivity contribution in [1.29, 1.82) is 0 Å². The summed E-state index contributed by atoms with van der Waals surface area (Å²) in [6, 6.07) is 9.88. The average Bonchev–Trinajstić information content (AvgIpc) is 2.27. The third-order valence-corrected chi connectivity index (χ3v) is 2.29. The molecule has 0 fully saturated rings. The summed E-state index contributed by atoms with van der Waals surface area (Å²) >= 11 is 0. The summed E-state index contributed by atoms with van der Waals surface area (Å²) in [6.45, 7) is 0.444. The van der Waals surface area contributed by atoms with Crippen molar-refractivity contribution in [3.05, 3.63) is 42.1 Å². The zero-order valence-electron chi connectivity index (χ0n) is 7.85. The van der Waals surface area contributed by atoms with Gasteiger partial charge in [0, 0.05) is 24.2 Å².